The molecule has 1 unspecified atom stereocenters. The van der Waals surface area contributed by atoms with Crippen molar-refractivity contribution in [3.63, 3.8) is 0 Å². The zero-order chi connectivity index (χ0) is 23.1. The SMILES string of the molecule is CCOc1ccccc1C(=O)NC(C(=O)Nc1ccc(N2CCN(C)CC2)nc1)C(C)C. The fourth-order valence-corrected chi connectivity index (χ4v) is 3.59. The first-order valence-electron chi connectivity index (χ1n) is 11.1. The molecule has 2 aromatic rings. The van der Waals surface area contributed by atoms with Crippen molar-refractivity contribution in [2.45, 2.75) is 26.8 Å². The van der Waals surface area contributed by atoms with Gasteiger partial charge in [0.15, 0.2) is 0 Å². The summed E-state index contributed by atoms with van der Waals surface area (Å²) in [6.45, 7) is 9.98. The maximum absolute atomic E-state index is 13.0. The van der Waals surface area contributed by atoms with Crippen LogP contribution in [-0.4, -0.2) is 67.6 Å². The molecular weight excluding hydrogens is 406 g/mol. The Morgan fingerprint density at radius 2 is 1.81 bits per heavy atom. The normalized spacial score (nSPS) is 15.3. The van der Waals surface area contributed by atoms with Crippen LogP contribution in [-0.2, 0) is 4.79 Å². The number of piperazine rings is 1. The molecule has 1 fully saturated rings. The highest BCUT2D eigenvalue weighted by Gasteiger charge is 2.26. The predicted molar refractivity (Wildman–Crippen MR) is 126 cm³/mol. The van der Waals surface area contributed by atoms with Gasteiger partial charge < -0.3 is 25.2 Å². The minimum absolute atomic E-state index is 0.101. The van der Waals surface area contributed by atoms with Gasteiger partial charge in [0.25, 0.3) is 5.91 Å². The minimum atomic E-state index is -0.700. The fraction of sp³-hybridized carbons (Fsp3) is 0.458. The number of nitrogens with one attached hydrogen (secondary N) is 2. The first-order valence-corrected chi connectivity index (χ1v) is 11.1. The van der Waals surface area contributed by atoms with Crippen molar-refractivity contribution in [3.05, 3.63) is 48.2 Å². The molecule has 0 radical (unpaired) electrons. The van der Waals surface area contributed by atoms with Gasteiger partial charge in [-0.3, -0.25) is 9.59 Å². The Labute approximate surface area is 190 Å². The zero-order valence-corrected chi connectivity index (χ0v) is 19.3. The molecule has 1 aromatic carbocycles. The number of likely N-dealkylation sites (N-methyl/N-ethyl adjacent to an activating group) is 1. The number of aromatic nitrogens is 1. The van der Waals surface area contributed by atoms with Crippen LogP contribution in [0.4, 0.5) is 11.5 Å². The minimum Gasteiger partial charge on any atom is -0.493 e. The van der Waals surface area contributed by atoms with E-state index in [4.69, 9.17) is 4.74 Å². The molecule has 0 bridgehead atoms. The van der Waals surface area contributed by atoms with Gasteiger partial charge in [-0.2, -0.15) is 0 Å². The summed E-state index contributed by atoms with van der Waals surface area (Å²) in [4.78, 5) is 34.9. The summed E-state index contributed by atoms with van der Waals surface area (Å²) < 4.78 is 5.55. The topological polar surface area (TPSA) is 86.8 Å². The number of benzene rings is 1. The van der Waals surface area contributed by atoms with Crippen LogP contribution in [0.1, 0.15) is 31.1 Å². The van der Waals surface area contributed by atoms with Crippen LogP contribution in [0.25, 0.3) is 0 Å². The highest BCUT2D eigenvalue weighted by molar-refractivity contribution is 6.02. The summed E-state index contributed by atoms with van der Waals surface area (Å²) in [7, 11) is 2.11. The van der Waals surface area contributed by atoms with Gasteiger partial charge in [0.1, 0.15) is 17.6 Å². The second kappa shape index (κ2) is 10.9. The van der Waals surface area contributed by atoms with E-state index < -0.39 is 6.04 Å². The van der Waals surface area contributed by atoms with Crippen LogP contribution in [0.15, 0.2) is 42.6 Å². The smallest absolute Gasteiger partial charge is 0.255 e. The molecule has 172 valence electrons. The molecule has 0 saturated carbocycles. The second-order valence-corrected chi connectivity index (χ2v) is 8.31. The zero-order valence-electron chi connectivity index (χ0n) is 19.3. The van der Waals surface area contributed by atoms with Crippen molar-refractivity contribution in [1.29, 1.82) is 0 Å². The lowest BCUT2D eigenvalue weighted by Gasteiger charge is -2.33. The Morgan fingerprint density at radius 3 is 2.44 bits per heavy atom. The van der Waals surface area contributed by atoms with Crippen LogP contribution in [0, 0.1) is 5.92 Å². The number of amides is 2. The molecule has 1 aliphatic rings. The summed E-state index contributed by atoms with van der Waals surface area (Å²) in [6, 6.07) is 10.1. The highest BCUT2D eigenvalue weighted by atomic mass is 16.5. The van der Waals surface area contributed by atoms with Crippen LogP contribution < -0.4 is 20.3 Å². The molecule has 2 amide bonds. The van der Waals surface area contributed by atoms with Gasteiger partial charge in [0, 0.05) is 26.2 Å². The van der Waals surface area contributed by atoms with Crippen LogP contribution in [0.2, 0.25) is 0 Å². The molecule has 1 atom stereocenters. The summed E-state index contributed by atoms with van der Waals surface area (Å²) in [6.07, 6.45) is 1.66. The van der Waals surface area contributed by atoms with Crippen molar-refractivity contribution in [2.24, 2.45) is 5.92 Å². The molecule has 0 aliphatic carbocycles. The lowest BCUT2D eigenvalue weighted by atomic mass is 10.0. The number of pyridine rings is 1. The number of carbonyl (C=O) groups excluding carboxylic acids is 2. The average Bonchev–Trinajstić information content (AvgIpc) is 2.78. The van der Waals surface area contributed by atoms with E-state index in [1.54, 1.807) is 24.4 Å². The third-order valence-electron chi connectivity index (χ3n) is 5.51. The number of rotatable bonds is 8. The van der Waals surface area contributed by atoms with Gasteiger partial charge in [-0.15, -0.1) is 0 Å². The fourth-order valence-electron chi connectivity index (χ4n) is 3.59. The van der Waals surface area contributed by atoms with Crippen molar-refractivity contribution < 1.29 is 14.3 Å². The second-order valence-electron chi connectivity index (χ2n) is 8.31. The molecule has 2 N–H and O–H groups in total. The molecule has 8 nitrogen and oxygen atoms in total. The standard InChI is InChI=1S/C24H33N5O3/c1-5-32-20-9-7-6-8-19(20)23(30)27-22(17(2)3)24(31)26-18-10-11-21(25-16-18)29-14-12-28(4)13-15-29/h6-11,16-17,22H,5,12-15H2,1-4H3,(H,26,31)(H,27,30). The molecule has 32 heavy (non-hydrogen) atoms. The third kappa shape index (κ3) is 5.97. The largest absolute Gasteiger partial charge is 0.493 e. The Hall–Kier alpha value is -3.13. The lowest BCUT2D eigenvalue weighted by Crippen LogP contribution is -2.47. The van der Waals surface area contributed by atoms with E-state index in [2.05, 4.69) is 32.5 Å². The Bertz CT molecular complexity index is 908. The van der Waals surface area contributed by atoms with Crippen LogP contribution >= 0.6 is 0 Å². The first-order chi connectivity index (χ1) is 15.4. The summed E-state index contributed by atoms with van der Waals surface area (Å²) in [5.41, 5.74) is 1.01. The predicted octanol–water partition coefficient (Wildman–Crippen LogP) is 2.63. The lowest BCUT2D eigenvalue weighted by molar-refractivity contribution is -0.118. The van der Waals surface area contributed by atoms with Crippen LogP contribution in [0.5, 0.6) is 5.75 Å². The molecule has 3 rings (SSSR count). The number of ether oxygens (including phenoxy) is 1. The van der Waals surface area contributed by atoms with Crippen molar-refractivity contribution in [2.75, 3.05) is 50.1 Å². The number of hydrogen-bond donors (Lipinski definition) is 2. The highest BCUT2D eigenvalue weighted by Crippen LogP contribution is 2.19. The summed E-state index contributed by atoms with van der Waals surface area (Å²) in [5.74, 6) is 0.676. The first kappa shape index (κ1) is 23.5. The van der Waals surface area contributed by atoms with E-state index >= 15 is 0 Å². The van der Waals surface area contributed by atoms with Crippen molar-refractivity contribution in [3.8, 4) is 5.75 Å². The molecule has 8 heteroatoms. The Kier molecular flexibility index (Phi) is 8.05. The summed E-state index contributed by atoms with van der Waals surface area (Å²) in [5, 5.41) is 5.74. The van der Waals surface area contributed by atoms with Gasteiger partial charge in [-0.05, 0) is 44.2 Å². The van der Waals surface area contributed by atoms with E-state index in [0.29, 0.717) is 23.6 Å². The van der Waals surface area contributed by atoms with E-state index in [-0.39, 0.29) is 17.7 Å². The average molecular weight is 440 g/mol. The van der Waals surface area contributed by atoms with E-state index in [0.717, 1.165) is 32.0 Å². The number of para-hydroxylation sites is 1. The number of anilines is 2. The van der Waals surface area contributed by atoms with Crippen LogP contribution in [0.3, 0.4) is 0 Å². The van der Waals surface area contributed by atoms with Gasteiger partial charge in [-0.1, -0.05) is 26.0 Å². The maximum atomic E-state index is 13.0. The Balaban J connectivity index is 1.64. The monoisotopic (exact) mass is 439 g/mol. The Morgan fingerprint density at radius 1 is 1.09 bits per heavy atom. The molecule has 0 spiro atoms. The third-order valence-corrected chi connectivity index (χ3v) is 5.51. The quantitative estimate of drug-likeness (QED) is 0.658. The summed E-state index contributed by atoms with van der Waals surface area (Å²) >= 11 is 0. The van der Waals surface area contributed by atoms with E-state index in [1.807, 2.05) is 39.0 Å². The van der Waals surface area contributed by atoms with Gasteiger partial charge in [0.2, 0.25) is 5.91 Å². The number of carbonyl (C=O) groups is 2. The van der Waals surface area contributed by atoms with E-state index in [9.17, 15) is 9.59 Å². The molecular formula is C24H33N5O3. The number of nitrogens with zero attached hydrogens (tertiary/aromatic N) is 3. The van der Waals surface area contributed by atoms with Gasteiger partial charge in [-0.25, -0.2) is 4.98 Å². The van der Waals surface area contributed by atoms with Crippen molar-refractivity contribution >= 4 is 23.3 Å². The van der Waals surface area contributed by atoms with Gasteiger partial charge >= 0.3 is 0 Å². The molecule has 1 saturated heterocycles. The molecule has 1 aliphatic heterocycles. The molecule has 1 aromatic heterocycles. The van der Waals surface area contributed by atoms with E-state index in [1.165, 1.54) is 0 Å². The number of hydrogen-bond acceptors (Lipinski definition) is 6. The van der Waals surface area contributed by atoms with Crippen molar-refractivity contribution in [1.82, 2.24) is 15.2 Å². The van der Waals surface area contributed by atoms with Gasteiger partial charge in [0.05, 0.1) is 24.1 Å². The maximum Gasteiger partial charge on any atom is 0.255 e. The molecule has 2 heterocycles.